The van der Waals surface area contributed by atoms with Crippen LogP contribution in [0, 0.1) is 0 Å². The van der Waals surface area contributed by atoms with Gasteiger partial charge in [-0.3, -0.25) is 0 Å². The summed E-state index contributed by atoms with van der Waals surface area (Å²) >= 11 is 0. The third-order valence-electron chi connectivity index (χ3n) is 2.39. The van der Waals surface area contributed by atoms with Crippen molar-refractivity contribution in [1.82, 2.24) is 4.98 Å². The van der Waals surface area contributed by atoms with E-state index in [1.54, 1.807) is 0 Å². The molecule has 86 valence electrons. The van der Waals surface area contributed by atoms with Crippen molar-refractivity contribution in [3.8, 4) is 16.9 Å². The van der Waals surface area contributed by atoms with Gasteiger partial charge in [0.15, 0.2) is 0 Å². The van der Waals surface area contributed by atoms with Gasteiger partial charge in [-0.15, -0.1) is 0 Å². The molecule has 0 amide bonds. The van der Waals surface area contributed by atoms with Crippen LogP contribution in [0.1, 0.15) is 10.5 Å². The molecule has 2 rings (SSSR count). The first-order valence-corrected chi connectivity index (χ1v) is 5.05. The molecule has 17 heavy (non-hydrogen) atoms. The molecule has 0 saturated carbocycles. The lowest BCUT2D eigenvalue weighted by Gasteiger charge is -2.08. The topological polar surface area (TPSA) is 59.4 Å². The van der Waals surface area contributed by atoms with E-state index >= 15 is 0 Å². The molecule has 1 aromatic heterocycles. The lowest BCUT2D eigenvalue weighted by molar-refractivity contribution is 0.0690. The van der Waals surface area contributed by atoms with Gasteiger partial charge in [0, 0.05) is 5.56 Å². The van der Waals surface area contributed by atoms with Crippen molar-refractivity contribution in [2.45, 2.75) is 0 Å². The van der Waals surface area contributed by atoms with Crippen LogP contribution < -0.4 is 4.74 Å². The molecule has 0 bridgehead atoms. The summed E-state index contributed by atoms with van der Waals surface area (Å²) in [6, 6.07) is 11.0. The number of rotatable bonds is 3. The number of benzene rings is 1. The number of methoxy groups -OCH3 is 1. The minimum absolute atomic E-state index is 0.00431. The number of aromatic nitrogens is 1. The van der Waals surface area contributed by atoms with Crippen LogP contribution in [0.2, 0.25) is 0 Å². The molecule has 0 aliphatic carbocycles. The van der Waals surface area contributed by atoms with Crippen LogP contribution in [0.25, 0.3) is 11.1 Å². The minimum Gasteiger partial charge on any atom is -0.494 e. The van der Waals surface area contributed by atoms with Gasteiger partial charge in [0.2, 0.25) is 0 Å². The quantitative estimate of drug-likeness (QED) is 0.878. The fourth-order valence-electron chi connectivity index (χ4n) is 1.57. The molecule has 0 aliphatic heterocycles. The number of nitrogens with zero attached hydrogens (tertiary/aromatic N) is 1. The van der Waals surface area contributed by atoms with E-state index in [9.17, 15) is 4.79 Å². The van der Waals surface area contributed by atoms with Crippen LogP contribution in [0.15, 0.2) is 42.6 Å². The van der Waals surface area contributed by atoms with Crippen molar-refractivity contribution in [2.24, 2.45) is 0 Å². The summed E-state index contributed by atoms with van der Waals surface area (Å²) in [6.45, 7) is 0. The minimum atomic E-state index is -1.05. The normalized spacial score (nSPS) is 9.94. The summed E-state index contributed by atoms with van der Waals surface area (Å²) in [5.41, 5.74) is 1.62. The van der Waals surface area contributed by atoms with Crippen LogP contribution in [0.3, 0.4) is 0 Å². The second-order valence-electron chi connectivity index (χ2n) is 3.44. The number of hydrogen-bond acceptors (Lipinski definition) is 3. The molecule has 1 aromatic carbocycles. The van der Waals surface area contributed by atoms with Crippen LogP contribution in [-0.4, -0.2) is 23.2 Å². The molecule has 4 heteroatoms. The molecule has 4 nitrogen and oxygen atoms in total. The Morgan fingerprint density at radius 3 is 2.59 bits per heavy atom. The molecule has 1 N–H and O–H groups in total. The maximum absolute atomic E-state index is 10.9. The van der Waals surface area contributed by atoms with Crippen molar-refractivity contribution < 1.29 is 14.6 Å². The highest BCUT2D eigenvalue weighted by molar-refractivity contribution is 5.88. The van der Waals surface area contributed by atoms with Gasteiger partial charge in [0.05, 0.1) is 13.3 Å². The zero-order chi connectivity index (χ0) is 12.3. The Balaban J connectivity index is 2.58. The lowest BCUT2D eigenvalue weighted by Crippen LogP contribution is -2.01. The van der Waals surface area contributed by atoms with Crippen LogP contribution >= 0.6 is 0 Å². The lowest BCUT2D eigenvalue weighted by atomic mass is 10.1. The molecular formula is C13H11NO3. The standard InChI is InChI=1S/C13H11NO3/c1-17-12-8-14-11(13(15)16)7-10(12)9-5-3-2-4-6-9/h2-8H,1H3,(H,15,16). The molecule has 0 aliphatic rings. The molecule has 0 fully saturated rings. The molecule has 0 saturated heterocycles. The molecule has 0 unspecified atom stereocenters. The van der Waals surface area contributed by atoms with Crippen molar-refractivity contribution >= 4 is 5.97 Å². The first kappa shape index (κ1) is 11.1. The summed E-state index contributed by atoms with van der Waals surface area (Å²) < 4.78 is 5.18. The van der Waals surface area contributed by atoms with E-state index in [0.717, 1.165) is 11.1 Å². The zero-order valence-electron chi connectivity index (χ0n) is 9.25. The summed E-state index contributed by atoms with van der Waals surface area (Å²) in [5.74, 6) is -0.494. The monoisotopic (exact) mass is 229 g/mol. The highest BCUT2D eigenvalue weighted by Gasteiger charge is 2.11. The SMILES string of the molecule is COc1cnc(C(=O)O)cc1-c1ccccc1. The molecule has 1 heterocycles. The maximum Gasteiger partial charge on any atom is 0.354 e. The largest absolute Gasteiger partial charge is 0.494 e. The first-order chi connectivity index (χ1) is 8.22. The summed E-state index contributed by atoms with van der Waals surface area (Å²) in [6.07, 6.45) is 1.42. The first-order valence-electron chi connectivity index (χ1n) is 5.05. The molecule has 0 atom stereocenters. The van der Waals surface area contributed by atoms with Gasteiger partial charge in [-0.05, 0) is 11.6 Å². The van der Waals surface area contributed by atoms with Gasteiger partial charge in [0.25, 0.3) is 0 Å². The van der Waals surface area contributed by atoms with Crippen molar-refractivity contribution in [3.63, 3.8) is 0 Å². The predicted molar refractivity (Wildman–Crippen MR) is 63.2 cm³/mol. The predicted octanol–water partition coefficient (Wildman–Crippen LogP) is 2.46. The third-order valence-corrected chi connectivity index (χ3v) is 2.39. The third kappa shape index (κ3) is 2.25. The van der Waals surface area contributed by atoms with Crippen molar-refractivity contribution in [1.29, 1.82) is 0 Å². The fraction of sp³-hybridized carbons (Fsp3) is 0.0769. The van der Waals surface area contributed by atoms with Crippen molar-refractivity contribution in [3.05, 3.63) is 48.3 Å². The van der Waals surface area contributed by atoms with Gasteiger partial charge >= 0.3 is 5.97 Å². The number of ether oxygens (including phenoxy) is 1. The van der Waals surface area contributed by atoms with E-state index in [0.29, 0.717) is 5.75 Å². The number of hydrogen-bond donors (Lipinski definition) is 1. The number of carboxylic acids is 1. The number of aromatic carboxylic acids is 1. The molecule has 0 radical (unpaired) electrons. The number of carbonyl (C=O) groups is 1. The summed E-state index contributed by atoms with van der Waals surface area (Å²) in [7, 11) is 1.53. The van der Waals surface area contributed by atoms with E-state index in [-0.39, 0.29) is 5.69 Å². The maximum atomic E-state index is 10.9. The van der Waals surface area contributed by atoms with Gasteiger partial charge in [-0.1, -0.05) is 30.3 Å². The van der Waals surface area contributed by atoms with Gasteiger partial charge in [-0.2, -0.15) is 0 Å². The van der Waals surface area contributed by atoms with E-state index in [2.05, 4.69) is 4.98 Å². The van der Waals surface area contributed by atoms with Crippen LogP contribution in [-0.2, 0) is 0 Å². The second-order valence-corrected chi connectivity index (χ2v) is 3.44. The van der Waals surface area contributed by atoms with E-state index in [1.807, 2.05) is 30.3 Å². The highest BCUT2D eigenvalue weighted by atomic mass is 16.5. The molecular weight excluding hydrogens is 218 g/mol. The Bertz CT molecular complexity index is 538. The Labute approximate surface area is 98.5 Å². The zero-order valence-corrected chi connectivity index (χ0v) is 9.25. The number of pyridine rings is 1. The summed E-state index contributed by atoms with van der Waals surface area (Å²) in [4.78, 5) is 14.7. The Kier molecular flexibility index (Phi) is 3.05. The Morgan fingerprint density at radius 1 is 1.29 bits per heavy atom. The van der Waals surface area contributed by atoms with Crippen LogP contribution in [0.4, 0.5) is 0 Å². The Hall–Kier alpha value is -2.36. The van der Waals surface area contributed by atoms with E-state index in [4.69, 9.17) is 9.84 Å². The highest BCUT2D eigenvalue weighted by Crippen LogP contribution is 2.29. The molecule has 0 spiro atoms. The van der Waals surface area contributed by atoms with Gasteiger partial charge in [0.1, 0.15) is 11.4 Å². The van der Waals surface area contributed by atoms with Gasteiger partial charge in [-0.25, -0.2) is 9.78 Å². The van der Waals surface area contributed by atoms with Crippen molar-refractivity contribution in [2.75, 3.05) is 7.11 Å². The average molecular weight is 229 g/mol. The van der Waals surface area contributed by atoms with E-state index in [1.165, 1.54) is 19.4 Å². The van der Waals surface area contributed by atoms with E-state index < -0.39 is 5.97 Å². The van der Waals surface area contributed by atoms with Gasteiger partial charge < -0.3 is 9.84 Å². The molecule has 2 aromatic rings. The number of carboxylic acid groups (broad SMARTS) is 1. The fourth-order valence-corrected chi connectivity index (χ4v) is 1.57. The average Bonchev–Trinajstić information content (AvgIpc) is 2.39. The smallest absolute Gasteiger partial charge is 0.354 e. The second kappa shape index (κ2) is 4.65. The summed E-state index contributed by atoms with van der Waals surface area (Å²) in [5, 5.41) is 8.92. The Morgan fingerprint density at radius 2 is 2.00 bits per heavy atom. The van der Waals surface area contributed by atoms with Crippen LogP contribution in [0.5, 0.6) is 5.75 Å².